The van der Waals surface area contributed by atoms with Crippen molar-refractivity contribution in [2.24, 2.45) is 5.92 Å². The number of hydrogen-bond acceptors (Lipinski definition) is 4. The Balaban J connectivity index is 1.92. The van der Waals surface area contributed by atoms with Gasteiger partial charge in [-0.25, -0.2) is 4.98 Å². The minimum absolute atomic E-state index is 0.0298. The number of pyridine rings is 1. The maximum atomic E-state index is 12.4. The van der Waals surface area contributed by atoms with Crippen molar-refractivity contribution in [3.63, 3.8) is 0 Å². The van der Waals surface area contributed by atoms with Crippen LogP contribution in [0.4, 0.5) is 5.82 Å². The number of likely N-dealkylation sites (tertiary alicyclic amines) is 1. The number of nitrogens with one attached hydrogen (secondary N) is 1. The summed E-state index contributed by atoms with van der Waals surface area (Å²) >= 11 is 5.77. The predicted octanol–water partition coefficient (Wildman–Crippen LogP) is 1.56. The van der Waals surface area contributed by atoms with E-state index in [2.05, 4.69) is 16.9 Å². The molecule has 0 saturated carbocycles. The van der Waals surface area contributed by atoms with Crippen LogP contribution in [0.1, 0.15) is 12.8 Å². The molecule has 134 valence electrons. The van der Waals surface area contributed by atoms with Crippen molar-refractivity contribution >= 4 is 35.1 Å². The number of carbonyl (C=O) groups is 3. The van der Waals surface area contributed by atoms with Crippen molar-refractivity contribution in [2.75, 3.05) is 32.0 Å². The lowest BCUT2D eigenvalue weighted by atomic mass is 9.97. The topological polar surface area (TPSA) is 82.6 Å². The van der Waals surface area contributed by atoms with Crippen LogP contribution in [0.25, 0.3) is 0 Å². The number of likely N-dealkylation sites (N-methyl/N-ethyl adjacent to an activating group) is 1. The first-order valence-corrected chi connectivity index (χ1v) is 8.36. The largest absolute Gasteiger partial charge is 0.340 e. The van der Waals surface area contributed by atoms with Gasteiger partial charge in [0.05, 0.1) is 17.5 Å². The van der Waals surface area contributed by atoms with Gasteiger partial charge < -0.3 is 15.1 Å². The molecule has 1 N–H and O–H groups in total. The van der Waals surface area contributed by atoms with Crippen molar-refractivity contribution in [3.8, 4) is 0 Å². The molecule has 0 radical (unpaired) electrons. The molecule has 0 bridgehead atoms. The van der Waals surface area contributed by atoms with Gasteiger partial charge in [0.25, 0.3) is 0 Å². The second kappa shape index (κ2) is 8.62. The highest BCUT2D eigenvalue weighted by Gasteiger charge is 2.29. The summed E-state index contributed by atoms with van der Waals surface area (Å²) in [5.74, 6) is -0.555. The third-order valence-corrected chi connectivity index (χ3v) is 4.27. The molecule has 1 aliphatic heterocycles. The first kappa shape index (κ1) is 18.9. The number of halogens is 1. The molecule has 1 atom stereocenters. The lowest BCUT2D eigenvalue weighted by molar-refractivity contribution is -0.139. The van der Waals surface area contributed by atoms with Crippen molar-refractivity contribution in [3.05, 3.63) is 36.0 Å². The number of aromatic nitrogens is 1. The highest BCUT2D eigenvalue weighted by Crippen LogP contribution is 2.19. The van der Waals surface area contributed by atoms with Crippen LogP contribution in [0.3, 0.4) is 0 Å². The Kier molecular flexibility index (Phi) is 6.52. The summed E-state index contributed by atoms with van der Waals surface area (Å²) in [5.41, 5.74) is 0. The van der Waals surface area contributed by atoms with E-state index in [4.69, 9.17) is 11.6 Å². The lowest BCUT2D eigenvalue weighted by Crippen LogP contribution is -2.47. The van der Waals surface area contributed by atoms with E-state index >= 15 is 0 Å². The van der Waals surface area contributed by atoms with Crippen LogP contribution < -0.4 is 5.32 Å². The van der Waals surface area contributed by atoms with Gasteiger partial charge in [-0.15, -0.1) is 0 Å². The third kappa shape index (κ3) is 5.29. The first-order valence-electron chi connectivity index (χ1n) is 7.98. The Morgan fingerprint density at radius 2 is 2.24 bits per heavy atom. The van der Waals surface area contributed by atoms with Crippen LogP contribution in [-0.2, 0) is 14.4 Å². The SMILES string of the molecule is C=CC(=O)N(C)CC(=O)N1CCCC(C(=O)Nc2ccc(Cl)cn2)C1. The molecule has 0 spiro atoms. The van der Waals surface area contributed by atoms with E-state index in [1.165, 1.54) is 17.2 Å². The summed E-state index contributed by atoms with van der Waals surface area (Å²) in [6.07, 6.45) is 4.06. The number of nitrogens with zero attached hydrogens (tertiary/aromatic N) is 3. The third-order valence-electron chi connectivity index (χ3n) is 4.05. The second-order valence-corrected chi connectivity index (χ2v) is 6.36. The van der Waals surface area contributed by atoms with Gasteiger partial charge in [0, 0.05) is 26.3 Å². The fourth-order valence-electron chi connectivity index (χ4n) is 2.63. The zero-order valence-electron chi connectivity index (χ0n) is 14.1. The van der Waals surface area contributed by atoms with E-state index in [0.717, 1.165) is 6.42 Å². The van der Waals surface area contributed by atoms with E-state index in [1.54, 1.807) is 24.1 Å². The molecule has 0 aromatic carbocycles. The van der Waals surface area contributed by atoms with Crippen molar-refractivity contribution < 1.29 is 14.4 Å². The molecule has 3 amide bonds. The van der Waals surface area contributed by atoms with Gasteiger partial charge >= 0.3 is 0 Å². The van der Waals surface area contributed by atoms with Gasteiger partial charge in [-0.2, -0.15) is 0 Å². The summed E-state index contributed by atoms with van der Waals surface area (Å²) in [6.45, 7) is 4.28. The van der Waals surface area contributed by atoms with Gasteiger partial charge in [-0.05, 0) is 31.1 Å². The molecule has 1 unspecified atom stereocenters. The Hall–Kier alpha value is -2.41. The van der Waals surface area contributed by atoms with Crippen molar-refractivity contribution in [2.45, 2.75) is 12.8 Å². The quantitative estimate of drug-likeness (QED) is 0.804. The van der Waals surface area contributed by atoms with E-state index in [-0.39, 0.29) is 30.2 Å². The standard InChI is InChI=1S/C17H21ClN4O3/c1-3-15(23)21(2)11-16(24)22-8-4-5-12(10-22)17(25)20-14-7-6-13(18)9-19-14/h3,6-7,9,12H,1,4-5,8,10-11H2,2H3,(H,19,20,25). The molecule has 1 aromatic heterocycles. The molecule has 1 aromatic rings. The lowest BCUT2D eigenvalue weighted by Gasteiger charge is -2.33. The van der Waals surface area contributed by atoms with E-state index < -0.39 is 0 Å². The number of hydrogen-bond donors (Lipinski definition) is 1. The number of amides is 3. The molecular weight excluding hydrogens is 344 g/mol. The average molecular weight is 365 g/mol. The van der Waals surface area contributed by atoms with Crippen LogP contribution >= 0.6 is 11.6 Å². The molecule has 8 heteroatoms. The van der Waals surface area contributed by atoms with Crippen molar-refractivity contribution in [1.29, 1.82) is 0 Å². The van der Waals surface area contributed by atoms with E-state index in [0.29, 0.717) is 30.4 Å². The van der Waals surface area contributed by atoms with E-state index in [9.17, 15) is 14.4 Å². The Labute approximate surface area is 151 Å². The van der Waals surface area contributed by atoms with Gasteiger partial charge in [0.15, 0.2) is 0 Å². The number of anilines is 1. The molecule has 2 rings (SSSR count). The smallest absolute Gasteiger partial charge is 0.246 e. The van der Waals surface area contributed by atoms with Crippen LogP contribution in [0.2, 0.25) is 5.02 Å². The molecular formula is C17H21ClN4O3. The summed E-state index contributed by atoms with van der Waals surface area (Å²) < 4.78 is 0. The Morgan fingerprint density at radius 3 is 2.88 bits per heavy atom. The van der Waals surface area contributed by atoms with E-state index in [1.807, 2.05) is 0 Å². The fraction of sp³-hybridized carbons (Fsp3) is 0.412. The maximum Gasteiger partial charge on any atom is 0.246 e. The zero-order valence-corrected chi connectivity index (χ0v) is 14.8. The highest BCUT2D eigenvalue weighted by molar-refractivity contribution is 6.30. The summed E-state index contributed by atoms with van der Waals surface area (Å²) in [7, 11) is 1.54. The zero-order chi connectivity index (χ0) is 18.4. The number of piperidine rings is 1. The average Bonchev–Trinajstić information content (AvgIpc) is 2.62. The summed E-state index contributed by atoms with van der Waals surface area (Å²) in [4.78, 5) is 43.2. The maximum absolute atomic E-state index is 12.4. The molecule has 7 nitrogen and oxygen atoms in total. The van der Waals surface area contributed by atoms with Crippen LogP contribution in [0.15, 0.2) is 31.0 Å². The molecule has 1 saturated heterocycles. The van der Waals surface area contributed by atoms with Crippen LogP contribution in [-0.4, -0.2) is 59.2 Å². The molecule has 1 fully saturated rings. The van der Waals surface area contributed by atoms with Gasteiger partial charge in [-0.1, -0.05) is 18.2 Å². The fourth-order valence-corrected chi connectivity index (χ4v) is 2.74. The van der Waals surface area contributed by atoms with Crippen LogP contribution in [0, 0.1) is 5.92 Å². The first-order chi connectivity index (χ1) is 11.9. The monoisotopic (exact) mass is 364 g/mol. The highest BCUT2D eigenvalue weighted by atomic mass is 35.5. The van der Waals surface area contributed by atoms with Gasteiger partial charge in [0.1, 0.15) is 5.82 Å². The summed E-state index contributed by atoms with van der Waals surface area (Å²) in [5, 5.41) is 3.23. The predicted molar refractivity (Wildman–Crippen MR) is 95.0 cm³/mol. The molecule has 1 aliphatic rings. The molecule has 2 heterocycles. The molecule has 0 aliphatic carbocycles. The van der Waals surface area contributed by atoms with Gasteiger partial charge in [-0.3, -0.25) is 14.4 Å². The minimum Gasteiger partial charge on any atom is -0.340 e. The minimum atomic E-state index is -0.312. The molecule has 25 heavy (non-hydrogen) atoms. The Bertz CT molecular complexity index is 662. The normalized spacial score (nSPS) is 16.9. The van der Waals surface area contributed by atoms with Crippen molar-refractivity contribution in [1.82, 2.24) is 14.8 Å². The van der Waals surface area contributed by atoms with Crippen LogP contribution in [0.5, 0.6) is 0 Å². The number of rotatable bonds is 5. The summed E-state index contributed by atoms with van der Waals surface area (Å²) in [6, 6.07) is 3.27. The Morgan fingerprint density at radius 1 is 1.48 bits per heavy atom. The second-order valence-electron chi connectivity index (χ2n) is 5.93. The number of carbonyl (C=O) groups excluding carboxylic acids is 3. The van der Waals surface area contributed by atoms with Gasteiger partial charge in [0.2, 0.25) is 17.7 Å².